The molecule has 0 saturated carbocycles. The van der Waals surface area contributed by atoms with E-state index in [1.807, 2.05) is 24.3 Å². The van der Waals surface area contributed by atoms with E-state index in [1.54, 1.807) is 18.2 Å². The van der Waals surface area contributed by atoms with E-state index in [1.165, 1.54) is 23.4 Å². The fourth-order valence-corrected chi connectivity index (χ4v) is 3.40. The summed E-state index contributed by atoms with van der Waals surface area (Å²) in [5.74, 6) is -0.399. The van der Waals surface area contributed by atoms with E-state index in [-0.39, 0.29) is 17.0 Å². The van der Waals surface area contributed by atoms with E-state index in [4.69, 9.17) is 0 Å². The third-order valence-corrected chi connectivity index (χ3v) is 4.80. The van der Waals surface area contributed by atoms with E-state index < -0.39 is 0 Å². The first kappa shape index (κ1) is 15.7. The maximum atomic E-state index is 13.7. The second kappa shape index (κ2) is 6.96. The van der Waals surface area contributed by atoms with Gasteiger partial charge in [0.25, 0.3) is 0 Å². The molecule has 2 aromatic rings. The largest absolute Gasteiger partial charge is 0.304 e. The SMILES string of the molecule is CCc1ccc(N=C2NC(=O)C(Cc3ccccc3F)S2)cc1. The second-order valence-electron chi connectivity index (χ2n) is 5.33. The molecule has 1 aliphatic rings. The number of amides is 1. The Morgan fingerprint density at radius 3 is 2.61 bits per heavy atom. The van der Waals surface area contributed by atoms with Gasteiger partial charge in [-0.3, -0.25) is 4.79 Å². The molecule has 3 nitrogen and oxygen atoms in total. The fourth-order valence-electron chi connectivity index (χ4n) is 2.38. The second-order valence-corrected chi connectivity index (χ2v) is 6.52. The van der Waals surface area contributed by atoms with Crippen molar-refractivity contribution in [1.82, 2.24) is 5.32 Å². The number of nitrogens with zero attached hydrogens (tertiary/aromatic N) is 1. The number of hydrogen-bond acceptors (Lipinski definition) is 3. The summed E-state index contributed by atoms with van der Waals surface area (Å²) in [6.07, 6.45) is 1.34. The number of aryl methyl sites for hydroxylation is 1. The zero-order valence-electron chi connectivity index (χ0n) is 12.8. The Labute approximate surface area is 139 Å². The quantitative estimate of drug-likeness (QED) is 0.926. The zero-order chi connectivity index (χ0) is 16.2. The normalized spacial score (nSPS) is 19.1. The van der Waals surface area contributed by atoms with Crippen molar-refractivity contribution < 1.29 is 9.18 Å². The van der Waals surface area contributed by atoms with Crippen molar-refractivity contribution in [3.05, 3.63) is 65.5 Å². The Bertz CT molecular complexity index is 743. The van der Waals surface area contributed by atoms with Crippen LogP contribution in [0.5, 0.6) is 0 Å². The molecule has 0 spiro atoms. The lowest BCUT2D eigenvalue weighted by molar-refractivity contribution is -0.118. The molecule has 5 heteroatoms. The summed E-state index contributed by atoms with van der Waals surface area (Å²) in [5.41, 5.74) is 2.60. The van der Waals surface area contributed by atoms with Gasteiger partial charge in [-0.25, -0.2) is 9.38 Å². The van der Waals surface area contributed by atoms with E-state index in [0.717, 1.165) is 12.1 Å². The van der Waals surface area contributed by atoms with Crippen molar-refractivity contribution >= 4 is 28.5 Å². The number of amidine groups is 1. The van der Waals surface area contributed by atoms with Crippen molar-refractivity contribution in [3.8, 4) is 0 Å². The topological polar surface area (TPSA) is 41.5 Å². The predicted molar refractivity (Wildman–Crippen MR) is 92.5 cm³/mol. The van der Waals surface area contributed by atoms with Gasteiger partial charge in [0, 0.05) is 0 Å². The van der Waals surface area contributed by atoms with Crippen LogP contribution in [-0.4, -0.2) is 16.3 Å². The highest BCUT2D eigenvalue weighted by atomic mass is 32.2. The van der Waals surface area contributed by atoms with Crippen LogP contribution in [0.15, 0.2) is 53.5 Å². The molecule has 1 N–H and O–H groups in total. The summed E-state index contributed by atoms with van der Waals surface area (Å²) in [7, 11) is 0. The van der Waals surface area contributed by atoms with Gasteiger partial charge in [0.2, 0.25) is 5.91 Å². The highest BCUT2D eigenvalue weighted by Crippen LogP contribution is 2.26. The van der Waals surface area contributed by atoms with Gasteiger partial charge in [0.05, 0.1) is 10.9 Å². The molecule has 1 aliphatic heterocycles. The van der Waals surface area contributed by atoms with Gasteiger partial charge in [-0.2, -0.15) is 0 Å². The lowest BCUT2D eigenvalue weighted by atomic mass is 10.1. The number of benzene rings is 2. The molecular weight excluding hydrogens is 311 g/mol. The molecule has 0 aliphatic carbocycles. The van der Waals surface area contributed by atoms with Gasteiger partial charge in [-0.1, -0.05) is 49.0 Å². The van der Waals surface area contributed by atoms with Gasteiger partial charge in [-0.15, -0.1) is 0 Å². The Balaban J connectivity index is 1.71. The molecule has 118 valence electrons. The third kappa shape index (κ3) is 3.79. The van der Waals surface area contributed by atoms with Crippen LogP contribution in [0.3, 0.4) is 0 Å². The van der Waals surface area contributed by atoms with Crippen molar-refractivity contribution in [3.63, 3.8) is 0 Å². The summed E-state index contributed by atoms with van der Waals surface area (Å²) in [4.78, 5) is 16.5. The molecule has 0 bridgehead atoms. The standard InChI is InChI=1S/C18H17FN2OS/c1-2-12-7-9-14(10-8-12)20-18-21-17(22)16(23-18)11-13-5-3-4-6-15(13)19/h3-10,16H,2,11H2,1H3,(H,20,21,22). The van der Waals surface area contributed by atoms with E-state index in [2.05, 4.69) is 17.2 Å². The average molecular weight is 328 g/mol. The Kier molecular flexibility index (Phi) is 4.76. The molecule has 0 aromatic heterocycles. The summed E-state index contributed by atoms with van der Waals surface area (Å²) in [5, 5.41) is 3.00. The maximum absolute atomic E-state index is 13.7. The van der Waals surface area contributed by atoms with Gasteiger partial charge in [0.1, 0.15) is 5.82 Å². The number of nitrogens with one attached hydrogen (secondary N) is 1. The van der Waals surface area contributed by atoms with Crippen molar-refractivity contribution in [2.24, 2.45) is 4.99 Å². The molecule has 23 heavy (non-hydrogen) atoms. The minimum atomic E-state index is -0.347. The smallest absolute Gasteiger partial charge is 0.239 e. The van der Waals surface area contributed by atoms with Crippen LogP contribution in [0.25, 0.3) is 0 Å². The summed E-state index contributed by atoms with van der Waals surface area (Å²) >= 11 is 1.35. The van der Waals surface area contributed by atoms with Crippen LogP contribution < -0.4 is 5.32 Å². The molecule has 1 fully saturated rings. The molecule has 1 unspecified atom stereocenters. The van der Waals surface area contributed by atoms with Crippen LogP contribution in [0, 0.1) is 5.82 Å². The number of thioether (sulfide) groups is 1. The van der Waals surface area contributed by atoms with Gasteiger partial charge in [-0.05, 0) is 42.2 Å². The molecule has 1 amide bonds. The first-order chi connectivity index (χ1) is 11.2. The molecule has 1 heterocycles. The number of carbonyl (C=O) groups is 1. The Morgan fingerprint density at radius 1 is 1.17 bits per heavy atom. The number of aliphatic imine (C=N–C) groups is 1. The number of carbonyl (C=O) groups excluding carboxylic acids is 1. The highest BCUT2D eigenvalue weighted by Gasteiger charge is 2.30. The summed E-state index contributed by atoms with van der Waals surface area (Å²) in [6, 6.07) is 14.5. The Hall–Kier alpha value is -2.14. The van der Waals surface area contributed by atoms with E-state index in [9.17, 15) is 9.18 Å². The van der Waals surface area contributed by atoms with E-state index in [0.29, 0.717) is 17.2 Å². The minimum absolute atomic E-state index is 0.123. The lowest BCUT2D eigenvalue weighted by Gasteiger charge is -2.06. The molecule has 1 atom stereocenters. The molecule has 3 rings (SSSR count). The first-order valence-electron chi connectivity index (χ1n) is 7.54. The monoisotopic (exact) mass is 328 g/mol. The summed E-state index contributed by atoms with van der Waals surface area (Å²) in [6.45, 7) is 2.10. The maximum Gasteiger partial charge on any atom is 0.239 e. The van der Waals surface area contributed by atoms with Crippen LogP contribution in [0.4, 0.5) is 10.1 Å². The molecule has 1 saturated heterocycles. The lowest BCUT2D eigenvalue weighted by Crippen LogP contribution is -2.26. The average Bonchev–Trinajstić information content (AvgIpc) is 2.90. The van der Waals surface area contributed by atoms with Crippen molar-refractivity contribution in [1.29, 1.82) is 0 Å². The van der Waals surface area contributed by atoms with Gasteiger partial charge < -0.3 is 5.32 Å². The van der Waals surface area contributed by atoms with Crippen molar-refractivity contribution in [2.45, 2.75) is 25.0 Å². The molecule has 0 radical (unpaired) electrons. The molecule has 2 aromatic carbocycles. The minimum Gasteiger partial charge on any atom is -0.304 e. The van der Waals surface area contributed by atoms with E-state index >= 15 is 0 Å². The van der Waals surface area contributed by atoms with Gasteiger partial charge >= 0.3 is 0 Å². The van der Waals surface area contributed by atoms with Crippen LogP contribution in [0.2, 0.25) is 0 Å². The predicted octanol–water partition coefficient (Wildman–Crippen LogP) is 3.85. The van der Waals surface area contributed by atoms with Crippen LogP contribution >= 0.6 is 11.8 Å². The fraction of sp³-hybridized carbons (Fsp3) is 0.222. The van der Waals surface area contributed by atoms with Crippen molar-refractivity contribution in [2.75, 3.05) is 0 Å². The number of halogens is 1. The summed E-state index contributed by atoms with van der Waals surface area (Å²) < 4.78 is 13.7. The zero-order valence-corrected chi connectivity index (χ0v) is 13.6. The van der Waals surface area contributed by atoms with Gasteiger partial charge in [0.15, 0.2) is 5.17 Å². The third-order valence-electron chi connectivity index (χ3n) is 3.71. The number of hydrogen-bond donors (Lipinski definition) is 1. The van der Waals surface area contributed by atoms with Crippen LogP contribution in [0.1, 0.15) is 18.1 Å². The first-order valence-corrected chi connectivity index (χ1v) is 8.42. The van der Waals surface area contributed by atoms with Crippen LogP contribution in [-0.2, 0) is 17.6 Å². The Morgan fingerprint density at radius 2 is 1.91 bits per heavy atom. The highest BCUT2D eigenvalue weighted by molar-refractivity contribution is 8.15. The number of rotatable bonds is 4. The molecular formula is C18H17FN2OS.